The van der Waals surface area contributed by atoms with Gasteiger partial charge in [0.25, 0.3) is 0 Å². The van der Waals surface area contributed by atoms with E-state index in [1.54, 1.807) is 0 Å². The molecule has 6 heteroatoms. The van der Waals surface area contributed by atoms with E-state index < -0.39 is 6.10 Å². The Morgan fingerprint density at radius 3 is 1.67 bits per heavy atom. The Hall–Kier alpha value is -1.56. The van der Waals surface area contributed by atoms with Gasteiger partial charge in [0.15, 0.2) is 0 Å². The molecule has 0 saturated heterocycles. The number of nitrogens with zero attached hydrogens (tertiary/aromatic N) is 4. The van der Waals surface area contributed by atoms with Gasteiger partial charge < -0.3 is 5.11 Å². The van der Waals surface area contributed by atoms with E-state index in [0.717, 1.165) is 35.7 Å². The van der Waals surface area contributed by atoms with Crippen molar-refractivity contribution in [1.29, 1.82) is 0 Å². The van der Waals surface area contributed by atoms with Gasteiger partial charge in [-0.25, -0.2) is 4.63 Å². The quantitative estimate of drug-likeness (QED) is 0.809. The summed E-state index contributed by atoms with van der Waals surface area (Å²) in [5, 5.41) is 27.8. The molecule has 0 bridgehead atoms. The summed E-state index contributed by atoms with van der Waals surface area (Å²) in [4.78, 5) is 0. The molecule has 0 amide bonds. The fourth-order valence-corrected chi connectivity index (χ4v) is 3.41. The Bertz CT molecular complexity index is 743. The predicted molar refractivity (Wildman–Crippen MR) is 109 cm³/mol. The number of hydrogen-bond donors (Lipinski definition) is 1. The summed E-state index contributed by atoms with van der Waals surface area (Å²) in [7, 11) is 0. The number of rotatable bonds is 5. The van der Waals surface area contributed by atoms with Gasteiger partial charge in [-0.05, 0) is 12.8 Å². The van der Waals surface area contributed by atoms with E-state index in [9.17, 15) is 5.11 Å². The highest BCUT2D eigenvalue weighted by atomic mass is 16.6. The van der Waals surface area contributed by atoms with Crippen LogP contribution in [0.25, 0.3) is 0 Å². The van der Waals surface area contributed by atoms with Crippen LogP contribution in [-0.4, -0.2) is 32.9 Å². The molecular formula is C21H36N4O2. The Kier molecular flexibility index (Phi) is 5.47. The van der Waals surface area contributed by atoms with E-state index in [4.69, 9.17) is 4.63 Å². The van der Waals surface area contributed by atoms with Crippen LogP contribution in [0.4, 0.5) is 0 Å². The number of aromatic nitrogens is 2. The molecule has 1 unspecified atom stereocenters. The number of aliphatic hydroxyl groups is 1. The normalized spacial score (nSPS) is 19.3. The zero-order valence-electron chi connectivity index (χ0n) is 18.6. The van der Waals surface area contributed by atoms with Crippen molar-refractivity contribution in [2.75, 3.05) is 0 Å². The van der Waals surface area contributed by atoms with Crippen molar-refractivity contribution in [3.63, 3.8) is 0 Å². The Balaban J connectivity index is 2.15. The zero-order valence-corrected chi connectivity index (χ0v) is 18.6. The maximum atomic E-state index is 10.8. The van der Waals surface area contributed by atoms with Crippen LogP contribution < -0.4 is 0 Å². The molecule has 1 atom stereocenters. The van der Waals surface area contributed by atoms with E-state index >= 15 is 0 Å². The Labute approximate surface area is 163 Å². The molecule has 1 aliphatic rings. The monoisotopic (exact) mass is 376 g/mol. The zero-order chi connectivity index (χ0) is 20.8. The first-order chi connectivity index (χ1) is 12.1. The van der Waals surface area contributed by atoms with Gasteiger partial charge in [0, 0.05) is 21.7 Å². The van der Waals surface area contributed by atoms with Crippen molar-refractivity contribution in [1.82, 2.24) is 10.3 Å². The van der Waals surface area contributed by atoms with Crippen molar-refractivity contribution in [2.24, 2.45) is 21.0 Å². The van der Waals surface area contributed by atoms with Gasteiger partial charge in [0.05, 0.1) is 11.4 Å². The van der Waals surface area contributed by atoms with Crippen LogP contribution in [0.1, 0.15) is 93.5 Å². The molecule has 152 valence electrons. The summed E-state index contributed by atoms with van der Waals surface area (Å²) < 4.78 is 5.08. The smallest absolute Gasteiger partial charge is 0.135 e. The van der Waals surface area contributed by atoms with E-state index in [1.807, 2.05) is 0 Å². The topological polar surface area (TPSA) is 83.9 Å². The minimum atomic E-state index is -0.707. The molecule has 6 nitrogen and oxygen atoms in total. The minimum Gasteiger partial charge on any atom is -0.381 e. The van der Waals surface area contributed by atoms with Crippen LogP contribution >= 0.6 is 0 Å². The highest BCUT2D eigenvalue weighted by molar-refractivity contribution is 6.16. The fourth-order valence-electron chi connectivity index (χ4n) is 3.41. The second kappa shape index (κ2) is 6.80. The maximum Gasteiger partial charge on any atom is 0.135 e. The maximum absolute atomic E-state index is 10.8. The molecule has 1 N–H and O–H groups in total. The molecule has 2 rings (SSSR count). The number of hydrogen-bond acceptors (Lipinski definition) is 6. The summed E-state index contributed by atoms with van der Waals surface area (Å²) in [6.07, 6.45) is 1.01. The van der Waals surface area contributed by atoms with Gasteiger partial charge in [0.1, 0.15) is 17.5 Å². The molecule has 2 heterocycles. The van der Waals surface area contributed by atoms with Crippen molar-refractivity contribution >= 4 is 11.4 Å². The standard InChI is InChI=1S/C21H36N4O2/c1-18(2,3)14-13(26)15(23-22-14)20(7,8)11-12-21(9,10)17-16(19(4,5)6)24-27-25-17/h13,26H,11-12H2,1-10H3. The van der Waals surface area contributed by atoms with Crippen LogP contribution in [0.3, 0.4) is 0 Å². The van der Waals surface area contributed by atoms with Gasteiger partial charge in [-0.3, -0.25) is 0 Å². The van der Waals surface area contributed by atoms with Crippen LogP contribution in [0.2, 0.25) is 0 Å². The summed E-state index contributed by atoms with van der Waals surface area (Å²) >= 11 is 0. The average Bonchev–Trinajstić information content (AvgIpc) is 3.11. The van der Waals surface area contributed by atoms with Gasteiger partial charge in [-0.2, -0.15) is 10.2 Å². The lowest BCUT2D eigenvalue weighted by Crippen LogP contribution is -2.42. The first kappa shape index (κ1) is 21.7. The van der Waals surface area contributed by atoms with E-state index in [0.29, 0.717) is 0 Å². The van der Waals surface area contributed by atoms with Crippen molar-refractivity contribution in [3.8, 4) is 0 Å². The third kappa shape index (κ3) is 4.48. The van der Waals surface area contributed by atoms with Gasteiger partial charge in [-0.15, -0.1) is 0 Å². The van der Waals surface area contributed by atoms with Gasteiger partial charge >= 0.3 is 0 Å². The van der Waals surface area contributed by atoms with E-state index in [2.05, 4.69) is 89.8 Å². The predicted octanol–water partition coefficient (Wildman–Crippen LogP) is 4.67. The molecule has 1 aromatic rings. The Morgan fingerprint density at radius 2 is 1.19 bits per heavy atom. The highest BCUT2D eigenvalue weighted by Crippen LogP contribution is 2.39. The number of aliphatic hydroxyl groups excluding tert-OH is 1. The lowest BCUT2D eigenvalue weighted by molar-refractivity contribution is 0.267. The minimum absolute atomic E-state index is 0.122. The van der Waals surface area contributed by atoms with Crippen LogP contribution in [-0.2, 0) is 10.8 Å². The van der Waals surface area contributed by atoms with E-state index in [1.165, 1.54) is 0 Å². The first-order valence-electron chi connectivity index (χ1n) is 9.75. The van der Waals surface area contributed by atoms with Crippen molar-refractivity contribution < 1.29 is 9.74 Å². The molecule has 0 spiro atoms. The molecule has 0 aromatic carbocycles. The summed E-state index contributed by atoms with van der Waals surface area (Å²) in [6, 6.07) is 0. The summed E-state index contributed by atoms with van der Waals surface area (Å²) in [5.41, 5.74) is 2.51. The fraction of sp³-hybridized carbons (Fsp3) is 0.810. The van der Waals surface area contributed by atoms with Crippen molar-refractivity contribution in [2.45, 2.75) is 99.0 Å². The molecule has 0 saturated carbocycles. The third-order valence-electron chi connectivity index (χ3n) is 5.46. The summed E-state index contributed by atoms with van der Waals surface area (Å²) in [6.45, 7) is 21.1. The lowest BCUT2D eigenvalue weighted by Gasteiger charge is -2.33. The molecule has 27 heavy (non-hydrogen) atoms. The molecular weight excluding hydrogens is 340 g/mol. The SMILES string of the molecule is CC(C)(C)C1=NN=C(C(C)(C)CCC(C)(C)c2nonc2C(C)(C)C)C1O. The van der Waals surface area contributed by atoms with Crippen molar-refractivity contribution in [3.05, 3.63) is 11.4 Å². The second-order valence-corrected chi connectivity index (χ2v) is 11.1. The van der Waals surface area contributed by atoms with E-state index in [-0.39, 0.29) is 21.7 Å². The molecule has 0 radical (unpaired) electrons. The highest BCUT2D eigenvalue weighted by Gasteiger charge is 2.42. The van der Waals surface area contributed by atoms with Gasteiger partial charge in [0.2, 0.25) is 0 Å². The largest absolute Gasteiger partial charge is 0.381 e. The van der Waals surface area contributed by atoms with Crippen LogP contribution in [0, 0.1) is 10.8 Å². The Morgan fingerprint density at radius 1 is 0.704 bits per heavy atom. The first-order valence-corrected chi connectivity index (χ1v) is 9.75. The van der Waals surface area contributed by atoms with Crippen LogP contribution in [0.15, 0.2) is 14.8 Å². The third-order valence-corrected chi connectivity index (χ3v) is 5.46. The second-order valence-electron chi connectivity index (χ2n) is 11.1. The summed E-state index contributed by atoms with van der Waals surface area (Å²) in [5.74, 6) is 0. The molecule has 0 aliphatic carbocycles. The molecule has 1 aromatic heterocycles. The molecule has 1 aliphatic heterocycles. The lowest BCUT2D eigenvalue weighted by atomic mass is 9.71. The molecule has 0 fully saturated rings. The van der Waals surface area contributed by atoms with Crippen LogP contribution in [0.5, 0.6) is 0 Å². The van der Waals surface area contributed by atoms with Gasteiger partial charge in [-0.1, -0.05) is 79.6 Å². The average molecular weight is 377 g/mol.